The number of carbonyl (C=O) groups is 1. The monoisotopic (exact) mass is 300 g/mol. The number of hydrogen-bond acceptors (Lipinski definition) is 4. The van der Waals surface area contributed by atoms with Gasteiger partial charge in [0.15, 0.2) is 0 Å². The molecule has 1 aliphatic heterocycles. The molecule has 0 amide bonds. The number of Topliss-reactive ketones (excluding diaryl/α,β-unsaturated/α-hetero) is 1. The molecule has 126 valence electrons. The molecule has 0 bridgehead atoms. The Morgan fingerprint density at radius 2 is 2.05 bits per heavy atom. The third-order valence-corrected chi connectivity index (χ3v) is 3.74. The van der Waals surface area contributed by atoms with E-state index in [4.69, 9.17) is 4.74 Å². The summed E-state index contributed by atoms with van der Waals surface area (Å²) in [6.07, 6.45) is 1.76. The van der Waals surface area contributed by atoms with Crippen molar-refractivity contribution < 1.29 is 9.53 Å². The van der Waals surface area contributed by atoms with Crippen molar-refractivity contribution in [2.24, 2.45) is 11.8 Å². The molecule has 1 N–H and O–H groups in total. The van der Waals surface area contributed by atoms with E-state index >= 15 is 0 Å². The minimum Gasteiger partial charge on any atom is -0.376 e. The molecule has 1 rings (SSSR count). The number of ether oxygens (including phenoxy) is 1. The van der Waals surface area contributed by atoms with Gasteiger partial charge in [-0.1, -0.05) is 35.1 Å². The molecule has 4 nitrogen and oxygen atoms in total. The van der Waals surface area contributed by atoms with Gasteiger partial charge in [0.05, 0.1) is 12.7 Å². The van der Waals surface area contributed by atoms with Crippen LogP contribution in [-0.2, 0) is 9.53 Å². The zero-order valence-corrected chi connectivity index (χ0v) is 13.7. The number of nitrogens with zero attached hydrogens (tertiary/aromatic N) is 1. The molecule has 0 aromatic rings. The summed E-state index contributed by atoms with van der Waals surface area (Å²) < 4.78 is 5.77. The van der Waals surface area contributed by atoms with Gasteiger partial charge in [0, 0.05) is 38.5 Å². The van der Waals surface area contributed by atoms with E-state index in [1.807, 2.05) is 13.8 Å². The van der Waals surface area contributed by atoms with Crippen LogP contribution in [0.15, 0.2) is 0 Å². The van der Waals surface area contributed by atoms with Crippen LogP contribution >= 0.6 is 0 Å². The minimum atomic E-state index is 0. The lowest BCUT2D eigenvalue weighted by molar-refractivity contribution is -0.123. The Labute approximate surface area is 131 Å². The molecule has 0 aliphatic carbocycles. The summed E-state index contributed by atoms with van der Waals surface area (Å²) in [5.74, 6) is 1.20. The van der Waals surface area contributed by atoms with E-state index in [0.29, 0.717) is 18.1 Å². The summed E-state index contributed by atoms with van der Waals surface area (Å²) in [6.45, 7) is 14.4. The second kappa shape index (κ2) is 11.2. The first-order valence-corrected chi connectivity index (χ1v) is 8.06. The fraction of sp³-hybridized carbons (Fsp3) is 0.941. The molecule has 1 saturated heterocycles. The Kier molecular flexibility index (Phi) is 10.9. The molecular formula is C17H36N2O2. The largest absolute Gasteiger partial charge is 0.376 e. The molecule has 0 aromatic carbocycles. The SMILES string of the molecule is C.CC(C)CNCCN1CCO[C@H](CCC(=O)C(C)C)C1. The van der Waals surface area contributed by atoms with E-state index in [-0.39, 0.29) is 19.4 Å². The number of morpholine rings is 1. The highest BCUT2D eigenvalue weighted by Gasteiger charge is 2.21. The highest BCUT2D eigenvalue weighted by atomic mass is 16.5. The van der Waals surface area contributed by atoms with Crippen molar-refractivity contribution in [2.75, 3.05) is 39.3 Å². The first kappa shape index (κ1) is 20.6. The van der Waals surface area contributed by atoms with Gasteiger partial charge in [-0.3, -0.25) is 9.69 Å². The maximum atomic E-state index is 11.7. The highest BCUT2D eigenvalue weighted by Crippen LogP contribution is 2.12. The van der Waals surface area contributed by atoms with Crippen molar-refractivity contribution in [3.8, 4) is 0 Å². The number of rotatable bonds is 9. The van der Waals surface area contributed by atoms with Crippen LogP contribution in [-0.4, -0.2) is 56.1 Å². The van der Waals surface area contributed by atoms with Crippen LogP contribution < -0.4 is 5.32 Å². The van der Waals surface area contributed by atoms with Crippen LogP contribution in [0.25, 0.3) is 0 Å². The molecule has 0 aromatic heterocycles. The Hall–Kier alpha value is -0.450. The van der Waals surface area contributed by atoms with E-state index in [2.05, 4.69) is 24.1 Å². The number of nitrogens with one attached hydrogen (secondary N) is 1. The standard InChI is InChI=1S/C16H32N2O2.CH4/c1-13(2)11-17-7-8-18-9-10-20-15(12-18)5-6-16(19)14(3)4;/h13-15,17H,5-12H2,1-4H3;1H4/t15-;/m1./s1. The summed E-state index contributed by atoms with van der Waals surface area (Å²) in [6, 6.07) is 0. The second-order valence-electron chi connectivity index (χ2n) is 6.55. The lowest BCUT2D eigenvalue weighted by Gasteiger charge is -2.33. The fourth-order valence-corrected chi connectivity index (χ4v) is 2.38. The van der Waals surface area contributed by atoms with Crippen molar-refractivity contribution >= 4 is 5.78 Å². The summed E-state index contributed by atoms with van der Waals surface area (Å²) in [5, 5.41) is 3.48. The van der Waals surface area contributed by atoms with Crippen molar-refractivity contribution in [3.63, 3.8) is 0 Å². The van der Waals surface area contributed by atoms with E-state index in [0.717, 1.165) is 45.8 Å². The van der Waals surface area contributed by atoms with E-state index in [1.54, 1.807) is 0 Å². The predicted molar refractivity (Wildman–Crippen MR) is 89.7 cm³/mol. The maximum absolute atomic E-state index is 11.7. The van der Waals surface area contributed by atoms with Gasteiger partial charge in [-0.25, -0.2) is 0 Å². The molecule has 0 radical (unpaired) electrons. The normalized spacial score (nSPS) is 19.8. The predicted octanol–water partition coefficient (Wildman–Crippen LogP) is 2.57. The lowest BCUT2D eigenvalue weighted by atomic mass is 10.0. The van der Waals surface area contributed by atoms with Crippen LogP contribution in [0.4, 0.5) is 0 Å². The molecule has 21 heavy (non-hydrogen) atoms. The maximum Gasteiger partial charge on any atom is 0.135 e. The third kappa shape index (κ3) is 9.22. The topological polar surface area (TPSA) is 41.6 Å². The number of carbonyl (C=O) groups excluding carboxylic acids is 1. The van der Waals surface area contributed by atoms with Crippen LogP contribution in [0.3, 0.4) is 0 Å². The first-order valence-electron chi connectivity index (χ1n) is 8.06. The number of ketones is 1. The van der Waals surface area contributed by atoms with Crippen LogP contribution in [0.2, 0.25) is 0 Å². The van der Waals surface area contributed by atoms with Gasteiger partial charge in [-0.2, -0.15) is 0 Å². The third-order valence-electron chi connectivity index (χ3n) is 3.74. The number of hydrogen-bond donors (Lipinski definition) is 1. The molecule has 4 heteroatoms. The van der Waals surface area contributed by atoms with Gasteiger partial charge < -0.3 is 10.1 Å². The van der Waals surface area contributed by atoms with Crippen molar-refractivity contribution in [1.82, 2.24) is 10.2 Å². The molecule has 1 fully saturated rings. The smallest absolute Gasteiger partial charge is 0.135 e. The van der Waals surface area contributed by atoms with Gasteiger partial charge in [0.25, 0.3) is 0 Å². The Balaban J connectivity index is 0.00000400. The average molecular weight is 300 g/mol. The molecule has 1 atom stereocenters. The molecule has 1 aliphatic rings. The first-order chi connectivity index (χ1) is 9.49. The van der Waals surface area contributed by atoms with Crippen molar-refractivity contribution in [3.05, 3.63) is 0 Å². The summed E-state index contributed by atoms with van der Waals surface area (Å²) in [7, 11) is 0. The van der Waals surface area contributed by atoms with E-state index in [9.17, 15) is 4.79 Å². The van der Waals surface area contributed by atoms with Gasteiger partial charge in [0.2, 0.25) is 0 Å². The van der Waals surface area contributed by atoms with Gasteiger partial charge in [-0.15, -0.1) is 0 Å². The molecular weight excluding hydrogens is 264 g/mol. The van der Waals surface area contributed by atoms with Crippen LogP contribution in [0, 0.1) is 11.8 Å². The van der Waals surface area contributed by atoms with Gasteiger partial charge >= 0.3 is 0 Å². The van der Waals surface area contributed by atoms with E-state index < -0.39 is 0 Å². The molecule has 0 saturated carbocycles. The van der Waals surface area contributed by atoms with Gasteiger partial charge in [0.1, 0.15) is 5.78 Å². The van der Waals surface area contributed by atoms with Crippen molar-refractivity contribution in [2.45, 2.75) is 54.1 Å². The Morgan fingerprint density at radius 3 is 2.67 bits per heavy atom. The summed E-state index contributed by atoms with van der Waals surface area (Å²) in [5.41, 5.74) is 0. The molecule has 0 unspecified atom stereocenters. The minimum absolute atomic E-state index is 0. The zero-order valence-electron chi connectivity index (χ0n) is 13.7. The lowest BCUT2D eigenvalue weighted by Crippen LogP contribution is -2.45. The fourth-order valence-electron chi connectivity index (χ4n) is 2.38. The van der Waals surface area contributed by atoms with Crippen LogP contribution in [0.1, 0.15) is 48.0 Å². The molecule has 1 heterocycles. The average Bonchev–Trinajstić information content (AvgIpc) is 2.41. The molecule has 0 spiro atoms. The van der Waals surface area contributed by atoms with Crippen molar-refractivity contribution in [1.29, 1.82) is 0 Å². The Morgan fingerprint density at radius 1 is 1.33 bits per heavy atom. The van der Waals surface area contributed by atoms with Gasteiger partial charge in [-0.05, 0) is 18.9 Å². The quantitative estimate of drug-likeness (QED) is 0.665. The zero-order chi connectivity index (χ0) is 15.0. The summed E-state index contributed by atoms with van der Waals surface area (Å²) >= 11 is 0. The van der Waals surface area contributed by atoms with E-state index in [1.165, 1.54) is 0 Å². The Bertz CT molecular complexity index is 280. The summed E-state index contributed by atoms with van der Waals surface area (Å²) in [4.78, 5) is 14.1. The van der Waals surface area contributed by atoms with Crippen LogP contribution in [0.5, 0.6) is 0 Å². The highest BCUT2D eigenvalue weighted by molar-refractivity contribution is 5.80. The second-order valence-corrected chi connectivity index (χ2v) is 6.55.